The lowest BCUT2D eigenvalue weighted by molar-refractivity contribution is -0.139. The van der Waals surface area contributed by atoms with Crippen LogP contribution in [-0.4, -0.2) is 33.4 Å². The average Bonchev–Trinajstić information content (AvgIpc) is 2.97. The number of aromatic nitrogens is 1. The molecule has 0 atom stereocenters. The van der Waals surface area contributed by atoms with Gasteiger partial charge in [-0.15, -0.1) is 0 Å². The van der Waals surface area contributed by atoms with Gasteiger partial charge in [0.2, 0.25) is 0 Å². The molecule has 0 unspecified atom stereocenters. The monoisotopic (exact) mass is 339 g/mol. The summed E-state index contributed by atoms with van der Waals surface area (Å²) in [6.07, 6.45) is 0.00106. The summed E-state index contributed by atoms with van der Waals surface area (Å²) in [5.74, 6) is -0.466. The van der Waals surface area contributed by atoms with Gasteiger partial charge in [0, 0.05) is 28.6 Å². The third-order valence-electron chi connectivity index (χ3n) is 3.82. The van der Waals surface area contributed by atoms with Crippen LogP contribution in [-0.2, 0) is 16.0 Å². The first-order valence-electron chi connectivity index (χ1n) is 7.58. The maximum Gasteiger partial charge on any atom is 0.311 e. The molecule has 128 valence electrons. The first-order chi connectivity index (χ1) is 12.0. The molecule has 6 nitrogen and oxygen atoms in total. The first-order valence-corrected chi connectivity index (χ1v) is 7.58. The van der Waals surface area contributed by atoms with Crippen molar-refractivity contribution in [1.29, 1.82) is 0 Å². The molecule has 0 fully saturated rings. The van der Waals surface area contributed by atoms with E-state index in [0.29, 0.717) is 22.5 Å². The van der Waals surface area contributed by atoms with Gasteiger partial charge in [0.15, 0.2) is 0 Å². The van der Waals surface area contributed by atoms with Gasteiger partial charge < -0.3 is 25.0 Å². The quantitative estimate of drug-likeness (QED) is 0.547. The number of carbonyl (C=O) groups excluding carboxylic acids is 1. The van der Waals surface area contributed by atoms with Gasteiger partial charge in [-0.05, 0) is 35.9 Å². The number of phenols is 3. The number of nitrogens with one attached hydrogen (secondary N) is 1. The topological polar surface area (TPSA) is 103 Å². The summed E-state index contributed by atoms with van der Waals surface area (Å²) < 4.78 is 4.73. The summed E-state index contributed by atoms with van der Waals surface area (Å²) in [5, 5.41) is 29.1. The molecule has 0 amide bonds. The summed E-state index contributed by atoms with van der Waals surface area (Å²) in [6.45, 7) is 0. The second-order valence-electron chi connectivity index (χ2n) is 5.62. The van der Waals surface area contributed by atoms with Crippen molar-refractivity contribution in [3.05, 3.63) is 54.2 Å². The normalized spacial score (nSPS) is 10.6. The standard InChI is InChI=1S/C19H17NO5/c1-25-19(24)10-18-16(12-6-14(22)8-15(23)7-12)9-17(20-18)11-3-2-4-13(21)5-11/h2-9,20-23H,10H2,1H3. The van der Waals surface area contributed by atoms with Gasteiger partial charge in [-0.2, -0.15) is 0 Å². The van der Waals surface area contributed by atoms with E-state index >= 15 is 0 Å². The Hall–Kier alpha value is -3.41. The Kier molecular flexibility index (Phi) is 4.35. The molecule has 3 aromatic rings. The van der Waals surface area contributed by atoms with E-state index in [9.17, 15) is 20.1 Å². The number of benzene rings is 2. The third-order valence-corrected chi connectivity index (χ3v) is 3.82. The second kappa shape index (κ2) is 6.60. The van der Waals surface area contributed by atoms with E-state index in [1.807, 2.05) is 6.07 Å². The molecule has 3 rings (SSSR count). The number of hydrogen-bond donors (Lipinski definition) is 4. The Balaban J connectivity index is 2.13. The highest BCUT2D eigenvalue weighted by molar-refractivity contribution is 5.81. The molecule has 1 aromatic heterocycles. The van der Waals surface area contributed by atoms with Crippen LogP contribution in [0, 0.1) is 0 Å². The maximum absolute atomic E-state index is 11.7. The molecule has 2 aromatic carbocycles. The van der Waals surface area contributed by atoms with Gasteiger partial charge in [0.05, 0.1) is 13.5 Å². The maximum atomic E-state index is 11.7. The lowest BCUT2D eigenvalue weighted by atomic mass is 10.0. The number of rotatable bonds is 4. The van der Waals surface area contributed by atoms with Crippen LogP contribution in [0.1, 0.15) is 5.69 Å². The number of methoxy groups -OCH3 is 1. The summed E-state index contributed by atoms with van der Waals surface area (Å²) in [7, 11) is 1.31. The van der Waals surface area contributed by atoms with Crippen LogP contribution in [0.15, 0.2) is 48.5 Å². The molecule has 0 bridgehead atoms. The fraction of sp³-hybridized carbons (Fsp3) is 0.105. The van der Waals surface area contributed by atoms with Crippen LogP contribution < -0.4 is 0 Å². The van der Waals surface area contributed by atoms with Gasteiger partial charge in [0.25, 0.3) is 0 Å². The van der Waals surface area contributed by atoms with Crippen molar-refractivity contribution < 1.29 is 24.9 Å². The number of ether oxygens (including phenoxy) is 1. The van der Waals surface area contributed by atoms with Crippen molar-refractivity contribution in [3.63, 3.8) is 0 Å². The minimum atomic E-state index is -0.421. The fourth-order valence-electron chi connectivity index (χ4n) is 2.69. The summed E-state index contributed by atoms with van der Waals surface area (Å²) >= 11 is 0. The molecule has 0 aliphatic heterocycles. The van der Waals surface area contributed by atoms with Crippen LogP contribution in [0.5, 0.6) is 17.2 Å². The second-order valence-corrected chi connectivity index (χ2v) is 5.62. The van der Waals surface area contributed by atoms with Gasteiger partial charge in [-0.25, -0.2) is 0 Å². The average molecular weight is 339 g/mol. The zero-order valence-electron chi connectivity index (χ0n) is 13.5. The Bertz CT molecular complexity index is 909. The van der Waals surface area contributed by atoms with E-state index in [1.54, 1.807) is 24.3 Å². The van der Waals surface area contributed by atoms with Crippen molar-refractivity contribution in [2.24, 2.45) is 0 Å². The van der Waals surface area contributed by atoms with Crippen LogP contribution in [0.25, 0.3) is 22.4 Å². The molecule has 1 heterocycles. The Morgan fingerprint density at radius 1 is 0.960 bits per heavy atom. The van der Waals surface area contributed by atoms with Gasteiger partial charge in [-0.1, -0.05) is 12.1 Å². The predicted octanol–water partition coefficient (Wildman–Crippen LogP) is 3.18. The van der Waals surface area contributed by atoms with Crippen LogP contribution in [0.2, 0.25) is 0 Å². The minimum Gasteiger partial charge on any atom is -0.508 e. The van der Waals surface area contributed by atoms with E-state index < -0.39 is 5.97 Å². The molecule has 6 heteroatoms. The number of hydrogen-bond acceptors (Lipinski definition) is 5. The minimum absolute atomic E-state index is 0.00106. The summed E-state index contributed by atoms with van der Waals surface area (Å²) in [5.41, 5.74) is 3.21. The smallest absolute Gasteiger partial charge is 0.311 e. The van der Waals surface area contributed by atoms with Crippen LogP contribution in [0.4, 0.5) is 0 Å². The van der Waals surface area contributed by atoms with Gasteiger partial charge >= 0.3 is 5.97 Å². The SMILES string of the molecule is COC(=O)Cc1[nH]c(-c2cccc(O)c2)cc1-c1cc(O)cc(O)c1. The molecule has 25 heavy (non-hydrogen) atoms. The predicted molar refractivity (Wildman–Crippen MR) is 92.4 cm³/mol. The molecular weight excluding hydrogens is 322 g/mol. The van der Waals surface area contributed by atoms with Crippen LogP contribution >= 0.6 is 0 Å². The van der Waals surface area contributed by atoms with Crippen molar-refractivity contribution >= 4 is 5.97 Å². The molecule has 0 radical (unpaired) electrons. The summed E-state index contributed by atoms with van der Waals surface area (Å²) in [4.78, 5) is 14.9. The van der Waals surface area contributed by atoms with Crippen molar-refractivity contribution in [1.82, 2.24) is 4.98 Å². The highest BCUT2D eigenvalue weighted by atomic mass is 16.5. The lowest BCUT2D eigenvalue weighted by Crippen LogP contribution is -2.05. The number of H-pyrrole nitrogens is 1. The van der Waals surface area contributed by atoms with E-state index in [0.717, 1.165) is 5.56 Å². The lowest BCUT2D eigenvalue weighted by Gasteiger charge is -2.05. The van der Waals surface area contributed by atoms with E-state index in [1.165, 1.54) is 25.3 Å². The van der Waals surface area contributed by atoms with Crippen LogP contribution in [0.3, 0.4) is 0 Å². The molecule has 0 saturated carbocycles. The molecule has 4 N–H and O–H groups in total. The van der Waals surface area contributed by atoms with E-state index in [-0.39, 0.29) is 23.7 Å². The van der Waals surface area contributed by atoms with E-state index in [2.05, 4.69) is 4.98 Å². The molecule has 0 saturated heterocycles. The number of phenolic OH excluding ortho intramolecular Hbond substituents is 3. The van der Waals surface area contributed by atoms with Crippen molar-refractivity contribution in [2.45, 2.75) is 6.42 Å². The highest BCUT2D eigenvalue weighted by Crippen LogP contribution is 2.34. The highest BCUT2D eigenvalue weighted by Gasteiger charge is 2.16. The molecule has 0 aliphatic rings. The number of esters is 1. The Labute approximate surface area is 144 Å². The van der Waals surface area contributed by atoms with Crippen molar-refractivity contribution in [3.8, 4) is 39.6 Å². The van der Waals surface area contributed by atoms with E-state index in [4.69, 9.17) is 4.74 Å². The number of aromatic hydroxyl groups is 3. The largest absolute Gasteiger partial charge is 0.508 e. The number of aromatic amines is 1. The van der Waals surface area contributed by atoms with Crippen molar-refractivity contribution in [2.75, 3.05) is 7.11 Å². The van der Waals surface area contributed by atoms with Gasteiger partial charge in [0.1, 0.15) is 17.2 Å². The molecular formula is C19H17NO5. The first kappa shape index (κ1) is 16.4. The van der Waals surface area contributed by atoms with Gasteiger partial charge in [-0.3, -0.25) is 4.79 Å². The zero-order chi connectivity index (χ0) is 18.0. The Morgan fingerprint density at radius 3 is 2.28 bits per heavy atom. The summed E-state index contributed by atoms with van der Waals surface area (Å²) in [6, 6.07) is 12.7. The zero-order valence-corrected chi connectivity index (χ0v) is 13.5. The Morgan fingerprint density at radius 2 is 1.64 bits per heavy atom. The molecule has 0 spiro atoms. The third kappa shape index (κ3) is 3.58. The fourth-order valence-corrected chi connectivity index (χ4v) is 2.69. The molecule has 0 aliphatic carbocycles. The number of carbonyl (C=O) groups is 1.